The smallest absolute Gasteiger partial charge is 0.338 e. The van der Waals surface area contributed by atoms with E-state index in [1.54, 1.807) is 0 Å². The first kappa shape index (κ1) is 107. The molecule has 4 aromatic rings. The number of oxime groups is 4. The normalized spacial score (nSPS) is 21.3. The van der Waals surface area contributed by atoms with Gasteiger partial charge >= 0.3 is 23.9 Å². The van der Waals surface area contributed by atoms with E-state index in [9.17, 15) is 38.4 Å². The van der Waals surface area contributed by atoms with E-state index < -0.39 is 11.9 Å². The fourth-order valence-corrected chi connectivity index (χ4v) is 18.2. The van der Waals surface area contributed by atoms with E-state index in [0.717, 1.165) is 210 Å². The van der Waals surface area contributed by atoms with Gasteiger partial charge in [-0.15, -0.1) is 0 Å². The second kappa shape index (κ2) is 59.7. The molecule has 4 N–H and O–H groups in total. The van der Waals surface area contributed by atoms with Gasteiger partial charge < -0.3 is 59.6 Å². The molecule has 4 heterocycles. The summed E-state index contributed by atoms with van der Waals surface area (Å²) in [5, 5.41) is 30.2. The molecular formula is C108H142Cl2N8O16. The van der Waals surface area contributed by atoms with E-state index in [1.807, 2.05) is 153 Å². The highest BCUT2D eigenvalue weighted by molar-refractivity contribution is 6.33. The number of nitrogens with one attached hydrogen (secondary N) is 4. The van der Waals surface area contributed by atoms with Gasteiger partial charge in [0.2, 0.25) is 0 Å². The predicted molar refractivity (Wildman–Crippen MR) is 532 cm³/mol. The number of amides is 4. The van der Waals surface area contributed by atoms with Crippen LogP contribution in [0.4, 0.5) is 0 Å². The molecule has 724 valence electrons. The average Bonchev–Trinajstić information content (AvgIpc) is 0.813. The third-order valence-electron chi connectivity index (χ3n) is 24.2. The quantitative estimate of drug-likeness (QED) is 0.0351. The van der Waals surface area contributed by atoms with Crippen molar-refractivity contribution in [3.63, 3.8) is 0 Å². The number of ether oxygens (including phenoxy) is 4. The van der Waals surface area contributed by atoms with Crippen LogP contribution < -0.4 is 21.3 Å². The van der Waals surface area contributed by atoms with Crippen LogP contribution in [0.25, 0.3) is 0 Å². The Labute approximate surface area is 803 Å². The summed E-state index contributed by atoms with van der Waals surface area (Å²) in [4.78, 5) is 122. The van der Waals surface area contributed by atoms with Crippen molar-refractivity contribution in [3.8, 4) is 0 Å². The second-order valence-corrected chi connectivity index (χ2v) is 36.6. The number of hydrogen-bond donors (Lipinski definition) is 4. The predicted octanol–water partition coefficient (Wildman–Crippen LogP) is 21.8. The summed E-state index contributed by atoms with van der Waals surface area (Å²) in [6, 6.07) is 12.7. The van der Waals surface area contributed by atoms with Crippen LogP contribution in [0.3, 0.4) is 0 Å². The number of cyclic esters (lactones) is 4. The molecular weight excluding hydrogens is 1740 g/mol. The lowest BCUT2D eigenvalue weighted by atomic mass is 9.94. The van der Waals surface area contributed by atoms with Gasteiger partial charge in [0.1, 0.15) is 0 Å². The minimum absolute atomic E-state index is 0.113. The van der Waals surface area contributed by atoms with Crippen LogP contribution in [0, 0.1) is 55.4 Å². The number of rotatable bonds is 16. The molecule has 4 aliphatic carbocycles. The fourth-order valence-electron chi connectivity index (χ4n) is 17.7. The number of carbonyl (C=O) groups is 8. The van der Waals surface area contributed by atoms with Crippen molar-refractivity contribution < 1.29 is 76.7 Å². The molecule has 4 saturated carbocycles. The van der Waals surface area contributed by atoms with Crippen molar-refractivity contribution in [2.75, 3.05) is 52.9 Å². The number of aryl methyl sites for hydroxylation is 8. The molecule has 0 radical (unpaired) electrons. The average molecular weight is 1880 g/mol. The molecule has 0 bridgehead atoms. The van der Waals surface area contributed by atoms with Gasteiger partial charge in [0.05, 0.1) is 71.5 Å². The first-order chi connectivity index (χ1) is 65.0. The molecule has 4 amide bonds. The number of carbonyl (C=O) groups excluding carboxylic acids is 8. The lowest BCUT2D eigenvalue weighted by Gasteiger charge is -2.22. The highest BCUT2D eigenvalue weighted by Crippen LogP contribution is 2.33. The van der Waals surface area contributed by atoms with Crippen molar-refractivity contribution in [2.24, 2.45) is 20.6 Å². The monoisotopic (exact) mass is 1880 g/mol. The number of esters is 4. The second-order valence-electron chi connectivity index (χ2n) is 35.8. The molecule has 0 spiro atoms. The van der Waals surface area contributed by atoms with Crippen LogP contribution in [0.15, 0.2) is 154 Å². The molecule has 0 atom stereocenters. The topological polar surface area (TPSA) is 308 Å². The summed E-state index contributed by atoms with van der Waals surface area (Å²) in [6.45, 7) is 16.3. The van der Waals surface area contributed by atoms with Crippen LogP contribution in [-0.4, -0.2) is 147 Å². The third-order valence-corrected chi connectivity index (χ3v) is 25.3. The lowest BCUT2D eigenvalue weighted by molar-refractivity contribution is -0.127. The number of allylic oxidation sites excluding steroid dienone is 12. The molecule has 0 saturated heterocycles. The zero-order chi connectivity index (χ0) is 95.6. The fraction of sp³-hybridized carbons (Fsp3) is 0.519. The van der Waals surface area contributed by atoms with Gasteiger partial charge in [-0.05, 0) is 264 Å². The minimum atomic E-state index is -0.393. The molecule has 0 aromatic heterocycles. The number of hydrogen-bond acceptors (Lipinski definition) is 20. The van der Waals surface area contributed by atoms with Gasteiger partial charge in [-0.2, -0.15) is 0 Å². The van der Waals surface area contributed by atoms with Crippen LogP contribution in [-0.2, 0) is 83.2 Å². The summed E-state index contributed by atoms with van der Waals surface area (Å²) < 4.78 is 22.1. The van der Waals surface area contributed by atoms with Gasteiger partial charge in [0.15, 0.2) is 26.4 Å². The van der Waals surface area contributed by atoms with Crippen molar-refractivity contribution in [3.05, 3.63) is 233 Å². The van der Waals surface area contributed by atoms with Crippen molar-refractivity contribution in [1.29, 1.82) is 0 Å². The zero-order valence-electron chi connectivity index (χ0n) is 80.2. The highest BCUT2D eigenvalue weighted by Gasteiger charge is 2.28. The Kier molecular flexibility index (Phi) is 47.5. The Morgan fingerprint density at radius 2 is 0.530 bits per heavy atom. The summed E-state index contributed by atoms with van der Waals surface area (Å²) in [7, 11) is 0. The third kappa shape index (κ3) is 38.4. The van der Waals surface area contributed by atoms with E-state index in [0.29, 0.717) is 144 Å². The molecule has 8 aliphatic rings. The van der Waals surface area contributed by atoms with Gasteiger partial charge in [0, 0.05) is 59.9 Å². The van der Waals surface area contributed by atoms with Crippen LogP contribution >= 0.6 is 23.2 Å². The lowest BCUT2D eigenvalue weighted by Crippen LogP contribution is -2.38. The Balaban J connectivity index is 0.000000201. The van der Waals surface area contributed by atoms with Gasteiger partial charge in [0.25, 0.3) is 23.6 Å². The van der Waals surface area contributed by atoms with Crippen LogP contribution in [0.5, 0.6) is 0 Å². The van der Waals surface area contributed by atoms with Crippen LogP contribution in [0.1, 0.15) is 314 Å². The van der Waals surface area contributed by atoms with E-state index in [2.05, 4.69) is 78.3 Å². The Bertz CT molecular complexity index is 4660. The van der Waals surface area contributed by atoms with Gasteiger partial charge in [-0.1, -0.05) is 241 Å². The van der Waals surface area contributed by atoms with E-state index >= 15 is 0 Å². The SMILES string of the molecule is Cc1cc(C)c2c(c1)CC(=N/OCC(=O)NC1CCCCC1)/C=C/CC/C=C/CCOC2=O.Cc1cc(C)c2c(c1)CC(=N\OCC(=O)NC1CCCCC1)/C=C/CC/C=C/CCOC2=O.Cc1cc(C)c2c(c1Cl)CC(=N/OCC(=O)NC1CCCCC1)/C=C/CC/C=C/CCOC2=O.Cc1cc(C)c2c(c1Cl)CC(=N\OCC(=O)NC1CCCCC1)/C=C/CC/C=C/CCOC2=O. The summed E-state index contributed by atoms with van der Waals surface area (Å²) >= 11 is 13.3. The van der Waals surface area contributed by atoms with Crippen molar-refractivity contribution >= 4 is 93.6 Å². The minimum Gasteiger partial charge on any atom is -0.462 e. The Morgan fingerprint density at radius 1 is 0.299 bits per heavy atom. The number of fused-ring (bicyclic) bond motifs is 4. The number of halogens is 2. The van der Waals surface area contributed by atoms with Gasteiger partial charge in [-0.3, -0.25) is 19.2 Å². The van der Waals surface area contributed by atoms with Gasteiger partial charge in [-0.25, -0.2) is 19.2 Å². The Morgan fingerprint density at radius 3 is 0.799 bits per heavy atom. The molecule has 0 unspecified atom stereocenters. The largest absolute Gasteiger partial charge is 0.462 e. The maximum absolute atomic E-state index is 12.9. The van der Waals surface area contributed by atoms with E-state index in [1.165, 1.54) is 25.7 Å². The molecule has 24 nitrogen and oxygen atoms in total. The molecule has 134 heavy (non-hydrogen) atoms. The van der Waals surface area contributed by atoms with Crippen LogP contribution in [0.2, 0.25) is 10.0 Å². The number of benzene rings is 4. The van der Waals surface area contributed by atoms with E-state index in [4.69, 9.17) is 61.5 Å². The Hall–Kier alpha value is -11.0. The molecule has 4 aliphatic heterocycles. The van der Waals surface area contributed by atoms with Crippen molar-refractivity contribution in [1.82, 2.24) is 21.3 Å². The summed E-state index contributed by atoms with van der Waals surface area (Å²) in [5.74, 6) is -2.03. The standard InChI is InChI=1S/2C27H35ClN2O4.2C27H36N2O4/c2*1-19-16-20(2)26(28)23-17-22(30-34-18-24(31)29-21-12-9-7-10-13-21)14-8-5-3-4-6-11-15-33-27(32)25(19)23;2*1-20-16-21(2)26-22(17-20)18-24(14-8-5-3-4-6-11-15-32-27(26)31)29-33-19-25(30)28-23-12-9-7-10-13-23/h2*4,6,8,14,16,21H,3,5,7,9-13,15,17-18H2,1-2H3,(H,29,31);2*4,6,8,14,16-17,23H,3,5,7,9-13,15,18-19H2,1-2H3,(H,28,30)/b6-4+,14-8+,30-22+;6-4+,14-8+,30-22-;6-4+,14-8+,29-24+;6-4+,14-8+,29-24-. The molecule has 12 rings (SSSR count). The maximum atomic E-state index is 12.9. The van der Waals surface area contributed by atoms with Crippen molar-refractivity contribution in [2.45, 2.75) is 311 Å². The maximum Gasteiger partial charge on any atom is 0.338 e. The zero-order valence-corrected chi connectivity index (χ0v) is 81.7. The van der Waals surface area contributed by atoms with E-state index in [-0.39, 0.29) is 86.2 Å². The summed E-state index contributed by atoms with van der Waals surface area (Å²) in [5.41, 5.74) is 14.9. The molecule has 26 heteroatoms. The highest BCUT2D eigenvalue weighted by atomic mass is 35.5. The molecule has 4 fully saturated rings. The first-order valence-electron chi connectivity index (χ1n) is 48.6. The summed E-state index contributed by atoms with van der Waals surface area (Å²) in [6.07, 6.45) is 65.7. The first-order valence-corrected chi connectivity index (χ1v) is 49.4. The molecule has 4 aromatic carbocycles. The number of nitrogens with zero attached hydrogens (tertiary/aromatic N) is 4.